The molecule has 1 amide bonds. The molecule has 1 aliphatic rings. The van der Waals surface area contributed by atoms with E-state index in [4.69, 9.17) is 0 Å². The van der Waals surface area contributed by atoms with Crippen LogP contribution in [0.15, 0.2) is 24.3 Å². The molecule has 1 aromatic heterocycles. The smallest absolute Gasteiger partial charge is 0.241 e. The van der Waals surface area contributed by atoms with Gasteiger partial charge in [-0.05, 0) is 26.0 Å². The Morgan fingerprint density at radius 1 is 1.03 bits per heavy atom. The van der Waals surface area contributed by atoms with Crippen LogP contribution in [0.2, 0.25) is 0 Å². The molecule has 0 saturated carbocycles. The standard InChI is InChI=1S/C21H27F2N5O/c1-13(2)20-24-14(3)11-19(26-20)28-9-7-27(8-10-28)15(4)21(29)25-16-5-6-17(22)18(23)12-16/h5-6,11-13,15H,7-10H2,1-4H3,(H,25,29)/t15-/m0/s1. The minimum atomic E-state index is -0.982. The van der Waals surface area contributed by atoms with E-state index in [1.807, 2.05) is 19.9 Å². The number of anilines is 2. The van der Waals surface area contributed by atoms with Gasteiger partial charge in [0, 0.05) is 55.6 Å². The first kappa shape index (κ1) is 21.1. The van der Waals surface area contributed by atoms with Crippen LogP contribution in [0.1, 0.15) is 38.2 Å². The van der Waals surface area contributed by atoms with E-state index in [-0.39, 0.29) is 23.6 Å². The third-order valence-corrected chi connectivity index (χ3v) is 5.13. The summed E-state index contributed by atoms with van der Waals surface area (Å²) in [7, 11) is 0. The van der Waals surface area contributed by atoms with Crippen molar-refractivity contribution in [3.05, 3.63) is 47.4 Å². The summed E-state index contributed by atoms with van der Waals surface area (Å²) in [6.45, 7) is 10.8. The number of nitrogens with zero attached hydrogens (tertiary/aromatic N) is 4. The average Bonchev–Trinajstić information content (AvgIpc) is 2.69. The van der Waals surface area contributed by atoms with Crippen molar-refractivity contribution < 1.29 is 13.6 Å². The number of aromatic nitrogens is 2. The Balaban J connectivity index is 1.59. The summed E-state index contributed by atoms with van der Waals surface area (Å²) in [6, 6.07) is 4.94. The van der Waals surface area contributed by atoms with Crippen LogP contribution >= 0.6 is 0 Å². The van der Waals surface area contributed by atoms with Gasteiger partial charge in [0.1, 0.15) is 11.6 Å². The Bertz CT molecular complexity index is 881. The molecule has 1 aliphatic heterocycles. The van der Waals surface area contributed by atoms with E-state index < -0.39 is 11.6 Å². The molecule has 8 heteroatoms. The first-order valence-electron chi connectivity index (χ1n) is 9.85. The molecule has 1 aromatic carbocycles. The average molecular weight is 403 g/mol. The van der Waals surface area contributed by atoms with Crippen molar-refractivity contribution in [2.24, 2.45) is 0 Å². The molecule has 0 bridgehead atoms. The number of carbonyl (C=O) groups excluding carboxylic acids is 1. The minimum absolute atomic E-state index is 0.246. The van der Waals surface area contributed by atoms with Gasteiger partial charge in [0.05, 0.1) is 6.04 Å². The van der Waals surface area contributed by atoms with Crippen molar-refractivity contribution in [1.82, 2.24) is 14.9 Å². The Morgan fingerprint density at radius 2 is 1.72 bits per heavy atom. The van der Waals surface area contributed by atoms with Gasteiger partial charge in [-0.1, -0.05) is 13.8 Å². The molecule has 0 radical (unpaired) electrons. The number of rotatable bonds is 5. The fourth-order valence-corrected chi connectivity index (χ4v) is 3.32. The molecule has 1 N–H and O–H groups in total. The lowest BCUT2D eigenvalue weighted by atomic mass is 10.2. The summed E-state index contributed by atoms with van der Waals surface area (Å²) in [5, 5.41) is 2.66. The van der Waals surface area contributed by atoms with Crippen LogP contribution in [0, 0.1) is 18.6 Å². The lowest BCUT2D eigenvalue weighted by Crippen LogP contribution is -2.53. The second-order valence-electron chi connectivity index (χ2n) is 7.70. The van der Waals surface area contributed by atoms with E-state index in [1.54, 1.807) is 0 Å². The highest BCUT2D eigenvalue weighted by molar-refractivity contribution is 5.94. The van der Waals surface area contributed by atoms with Crippen LogP contribution in [0.3, 0.4) is 0 Å². The van der Waals surface area contributed by atoms with E-state index in [9.17, 15) is 13.6 Å². The highest BCUT2D eigenvalue weighted by atomic mass is 19.2. The zero-order valence-electron chi connectivity index (χ0n) is 17.2. The fraction of sp³-hybridized carbons (Fsp3) is 0.476. The molecule has 1 atom stereocenters. The van der Waals surface area contributed by atoms with E-state index in [0.717, 1.165) is 42.6 Å². The van der Waals surface area contributed by atoms with Gasteiger partial charge in [-0.25, -0.2) is 18.7 Å². The van der Waals surface area contributed by atoms with Gasteiger partial charge < -0.3 is 10.2 Å². The summed E-state index contributed by atoms with van der Waals surface area (Å²) in [6.07, 6.45) is 0. The number of amides is 1. The molecule has 0 unspecified atom stereocenters. The molecule has 29 heavy (non-hydrogen) atoms. The summed E-state index contributed by atoms with van der Waals surface area (Å²) < 4.78 is 26.4. The fourth-order valence-electron chi connectivity index (χ4n) is 3.32. The second kappa shape index (κ2) is 8.82. The van der Waals surface area contributed by atoms with Gasteiger partial charge in [-0.3, -0.25) is 9.69 Å². The minimum Gasteiger partial charge on any atom is -0.354 e. The van der Waals surface area contributed by atoms with Gasteiger partial charge in [0.2, 0.25) is 5.91 Å². The lowest BCUT2D eigenvalue weighted by Gasteiger charge is -2.38. The van der Waals surface area contributed by atoms with Crippen LogP contribution in [0.4, 0.5) is 20.3 Å². The maximum absolute atomic E-state index is 13.3. The van der Waals surface area contributed by atoms with Gasteiger partial charge in [0.15, 0.2) is 11.6 Å². The van der Waals surface area contributed by atoms with E-state index in [0.29, 0.717) is 13.1 Å². The molecule has 3 rings (SSSR count). The van der Waals surface area contributed by atoms with Gasteiger partial charge in [-0.2, -0.15) is 0 Å². The van der Waals surface area contributed by atoms with Gasteiger partial charge in [-0.15, -0.1) is 0 Å². The summed E-state index contributed by atoms with van der Waals surface area (Å²) in [5.41, 5.74) is 1.19. The summed E-state index contributed by atoms with van der Waals surface area (Å²) >= 11 is 0. The quantitative estimate of drug-likeness (QED) is 0.830. The molecule has 0 spiro atoms. The molecular formula is C21H27F2N5O. The normalized spacial score (nSPS) is 16.2. The molecule has 1 saturated heterocycles. The maximum atomic E-state index is 13.3. The monoisotopic (exact) mass is 403 g/mol. The van der Waals surface area contributed by atoms with Crippen molar-refractivity contribution in [3.8, 4) is 0 Å². The van der Waals surface area contributed by atoms with Gasteiger partial charge >= 0.3 is 0 Å². The summed E-state index contributed by atoms with van der Waals surface area (Å²) in [4.78, 5) is 26.0. The van der Waals surface area contributed by atoms with Crippen molar-refractivity contribution >= 4 is 17.4 Å². The molecule has 156 valence electrons. The van der Waals surface area contributed by atoms with Crippen LogP contribution < -0.4 is 10.2 Å². The Hall–Kier alpha value is -2.61. The van der Waals surface area contributed by atoms with E-state index >= 15 is 0 Å². The Morgan fingerprint density at radius 3 is 2.34 bits per heavy atom. The van der Waals surface area contributed by atoms with Crippen molar-refractivity contribution in [3.63, 3.8) is 0 Å². The molecule has 2 aromatic rings. The van der Waals surface area contributed by atoms with Crippen LogP contribution in [0.25, 0.3) is 0 Å². The lowest BCUT2D eigenvalue weighted by molar-refractivity contribution is -0.120. The number of hydrogen-bond acceptors (Lipinski definition) is 5. The van der Waals surface area contributed by atoms with Crippen LogP contribution in [-0.2, 0) is 4.79 Å². The zero-order valence-corrected chi connectivity index (χ0v) is 17.2. The highest BCUT2D eigenvalue weighted by Crippen LogP contribution is 2.20. The Kier molecular flexibility index (Phi) is 6.42. The van der Waals surface area contributed by atoms with E-state index in [2.05, 4.69) is 38.9 Å². The number of benzene rings is 1. The third-order valence-electron chi connectivity index (χ3n) is 5.13. The van der Waals surface area contributed by atoms with Gasteiger partial charge in [0.25, 0.3) is 0 Å². The van der Waals surface area contributed by atoms with Crippen molar-refractivity contribution in [2.45, 2.75) is 39.7 Å². The molecule has 1 fully saturated rings. The number of aryl methyl sites for hydroxylation is 1. The SMILES string of the molecule is Cc1cc(N2CCN([C@@H](C)C(=O)Nc3ccc(F)c(F)c3)CC2)nc(C(C)C)n1. The molecule has 2 heterocycles. The predicted molar refractivity (Wildman–Crippen MR) is 109 cm³/mol. The topological polar surface area (TPSA) is 61.4 Å². The highest BCUT2D eigenvalue weighted by Gasteiger charge is 2.26. The van der Waals surface area contributed by atoms with Crippen molar-refractivity contribution in [1.29, 1.82) is 0 Å². The van der Waals surface area contributed by atoms with E-state index in [1.165, 1.54) is 6.07 Å². The molecule has 0 aliphatic carbocycles. The number of hydrogen-bond donors (Lipinski definition) is 1. The zero-order chi connectivity index (χ0) is 21.1. The molecule has 6 nitrogen and oxygen atoms in total. The number of halogens is 2. The number of piperazine rings is 1. The predicted octanol–water partition coefficient (Wildman–Crippen LogP) is 3.34. The van der Waals surface area contributed by atoms with Crippen LogP contribution in [0.5, 0.6) is 0 Å². The van der Waals surface area contributed by atoms with Crippen molar-refractivity contribution in [2.75, 3.05) is 36.4 Å². The number of carbonyl (C=O) groups is 1. The number of nitrogens with one attached hydrogen (secondary N) is 1. The maximum Gasteiger partial charge on any atom is 0.241 e. The Labute approximate surface area is 169 Å². The first-order valence-corrected chi connectivity index (χ1v) is 9.85. The third kappa shape index (κ3) is 5.06. The first-order chi connectivity index (χ1) is 13.7. The molecular weight excluding hydrogens is 376 g/mol. The van der Waals surface area contributed by atoms with Crippen LogP contribution in [-0.4, -0.2) is 53.0 Å². The largest absolute Gasteiger partial charge is 0.354 e. The second-order valence-corrected chi connectivity index (χ2v) is 7.70. The summed E-state index contributed by atoms with van der Waals surface area (Å²) in [5.74, 6) is -0.154.